The lowest BCUT2D eigenvalue weighted by atomic mass is 9.88. The standard InChI is InChI=1S/C15H19ClO4/c1-5-19-14(18)15(3,4)13(17)9-20-12-7-6-10(2)8-11(12)16/h6-8H,5,9H2,1-4H3. The fraction of sp³-hybridized carbons (Fsp3) is 0.467. The summed E-state index contributed by atoms with van der Waals surface area (Å²) in [6.45, 7) is 6.65. The minimum atomic E-state index is -1.23. The molecule has 0 aliphatic rings. The number of hydrogen-bond acceptors (Lipinski definition) is 4. The van der Waals surface area contributed by atoms with E-state index in [1.54, 1.807) is 19.1 Å². The summed E-state index contributed by atoms with van der Waals surface area (Å²) in [6, 6.07) is 5.28. The van der Waals surface area contributed by atoms with Crippen molar-refractivity contribution in [1.82, 2.24) is 0 Å². The van der Waals surface area contributed by atoms with Gasteiger partial charge in [-0.05, 0) is 45.4 Å². The van der Waals surface area contributed by atoms with Gasteiger partial charge in [-0.15, -0.1) is 0 Å². The lowest BCUT2D eigenvalue weighted by Gasteiger charge is -2.21. The van der Waals surface area contributed by atoms with Crippen LogP contribution in [0.3, 0.4) is 0 Å². The molecule has 0 N–H and O–H groups in total. The van der Waals surface area contributed by atoms with Gasteiger partial charge in [0.25, 0.3) is 0 Å². The molecule has 4 nitrogen and oxygen atoms in total. The third kappa shape index (κ3) is 3.97. The van der Waals surface area contributed by atoms with Crippen molar-refractivity contribution < 1.29 is 19.1 Å². The Morgan fingerprint density at radius 3 is 2.50 bits per heavy atom. The molecule has 0 amide bonds. The molecular formula is C15H19ClO4. The molecule has 110 valence electrons. The fourth-order valence-electron chi connectivity index (χ4n) is 1.47. The van der Waals surface area contributed by atoms with Crippen molar-refractivity contribution in [2.24, 2.45) is 5.41 Å². The normalized spacial score (nSPS) is 11.1. The highest BCUT2D eigenvalue weighted by Gasteiger charge is 2.37. The molecule has 20 heavy (non-hydrogen) atoms. The molecule has 0 aliphatic heterocycles. The summed E-state index contributed by atoms with van der Waals surface area (Å²) in [4.78, 5) is 23.8. The molecule has 1 rings (SSSR count). The van der Waals surface area contributed by atoms with E-state index in [-0.39, 0.29) is 19.0 Å². The van der Waals surface area contributed by atoms with E-state index in [0.29, 0.717) is 10.8 Å². The summed E-state index contributed by atoms with van der Waals surface area (Å²) in [6.07, 6.45) is 0. The van der Waals surface area contributed by atoms with Crippen LogP contribution in [-0.2, 0) is 14.3 Å². The van der Waals surface area contributed by atoms with Gasteiger partial charge in [0.15, 0.2) is 5.78 Å². The SMILES string of the molecule is CCOC(=O)C(C)(C)C(=O)COc1ccc(C)cc1Cl. The molecule has 0 heterocycles. The van der Waals surface area contributed by atoms with Crippen LogP contribution < -0.4 is 4.74 Å². The summed E-state index contributed by atoms with van der Waals surface area (Å²) in [5, 5.41) is 0.437. The Hall–Kier alpha value is -1.55. The summed E-state index contributed by atoms with van der Waals surface area (Å²) in [5.74, 6) is -0.485. The molecule has 0 aromatic heterocycles. The fourth-order valence-corrected chi connectivity index (χ4v) is 1.76. The Morgan fingerprint density at radius 1 is 1.30 bits per heavy atom. The molecule has 0 aliphatic carbocycles. The van der Waals surface area contributed by atoms with E-state index in [1.165, 1.54) is 13.8 Å². The Kier molecular flexibility index (Phi) is 5.57. The highest BCUT2D eigenvalue weighted by molar-refractivity contribution is 6.32. The van der Waals surface area contributed by atoms with Crippen LogP contribution in [-0.4, -0.2) is 25.0 Å². The molecule has 0 fully saturated rings. The van der Waals surface area contributed by atoms with E-state index < -0.39 is 11.4 Å². The van der Waals surface area contributed by atoms with Gasteiger partial charge in [0.05, 0.1) is 11.6 Å². The van der Waals surface area contributed by atoms with Crippen molar-refractivity contribution in [3.05, 3.63) is 28.8 Å². The van der Waals surface area contributed by atoms with Gasteiger partial charge in [0.1, 0.15) is 17.8 Å². The number of rotatable bonds is 6. The first-order chi connectivity index (χ1) is 9.28. The van der Waals surface area contributed by atoms with Crippen molar-refractivity contribution in [3.63, 3.8) is 0 Å². The van der Waals surface area contributed by atoms with Crippen LogP contribution in [0.2, 0.25) is 5.02 Å². The number of hydrogen-bond donors (Lipinski definition) is 0. The average molecular weight is 299 g/mol. The minimum Gasteiger partial charge on any atom is -0.484 e. The van der Waals surface area contributed by atoms with Gasteiger partial charge in [-0.25, -0.2) is 0 Å². The van der Waals surface area contributed by atoms with Crippen LogP contribution in [0, 0.1) is 12.3 Å². The van der Waals surface area contributed by atoms with Gasteiger partial charge < -0.3 is 9.47 Å². The number of esters is 1. The molecule has 0 bridgehead atoms. The van der Waals surface area contributed by atoms with Crippen LogP contribution in [0.25, 0.3) is 0 Å². The monoisotopic (exact) mass is 298 g/mol. The van der Waals surface area contributed by atoms with E-state index in [2.05, 4.69) is 0 Å². The van der Waals surface area contributed by atoms with Crippen molar-refractivity contribution >= 4 is 23.4 Å². The lowest BCUT2D eigenvalue weighted by molar-refractivity contribution is -0.158. The summed E-state index contributed by atoms with van der Waals surface area (Å²) in [7, 11) is 0. The van der Waals surface area contributed by atoms with Crippen LogP contribution >= 0.6 is 11.6 Å². The number of benzene rings is 1. The topological polar surface area (TPSA) is 52.6 Å². The predicted octanol–water partition coefficient (Wildman–Crippen LogP) is 3.19. The molecule has 0 radical (unpaired) electrons. The van der Waals surface area contributed by atoms with Crippen molar-refractivity contribution in [2.75, 3.05) is 13.2 Å². The van der Waals surface area contributed by atoms with Gasteiger partial charge in [0, 0.05) is 0 Å². The zero-order valence-electron chi connectivity index (χ0n) is 12.2. The quantitative estimate of drug-likeness (QED) is 0.598. The Morgan fingerprint density at radius 2 is 1.95 bits per heavy atom. The third-order valence-electron chi connectivity index (χ3n) is 2.93. The molecule has 0 spiro atoms. The van der Waals surface area contributed by atoms with E-state index >= 15 is 0 Å². The van der Waals surface area contributed by atoms with E-state index in [4.69, 9.17) is 21.1 Å². The zero-order chi connectivity index (χ0) is 15.3. The van der Waals surface area contributed by atoms with Gasteiger partial charge in [-0.1, -0.05) is 17.7 Å². The van der Waals surface area contributed by atoms with E-state index in [1.807, 2.05) is 13.0 Å². The first-order valence-corrected chi connectivity index (χ1v) is 6.76. The number of Topliss-reactive ketones (excluding diaryl/α,β-unsaturated/α-hetero) is 1. The molecule has 5 heteroatoms. The number of ether oxygens (including phenoxy) is 2. The average Bonchev–Trinajstić information content (AvgIpc) is 2.37. The second kappa shape index (κ2) is 6.75. The van der Waals surface area contributed by atoms with E-state index in [0.717, 1.165) is 5.56 Å². The maximum Gasteiger partial charge on any atom is 0.319 e. The molecule has 1 aromatic carbocycles. The van der Waals surface area contributed by atoms with Crippen LogP contribution in [0.15, 0.2) is 18.2 Å². The Labute approximate surface area is 124 Å². The Balaban J connectivity index is 2.69. The largest absolute Gasteiger partial charge is 0.484 e. The molecule has 0 saturated carbocycles. The summed E-state index contributed by atoms with van der Waals surface area (Å²) < 4.78 is 10.3. The molecule has 1 aromatic rings. The first-order valence-electron chi connectivity index (χ1n) is 6.38. The molecule has 0 unspecified atom stereocenters. The first kappa shape index (κ1) is 16.5. The highest BCUT2D eigenvalue weighted by Crippen LogP contribution is 2.26. The number of aryl methyl sites for hydroxylation is 1. The zero-order valence-corrected chi connectivity index (χ0v) is 12.9. The van der Waals surface area contributed by atoms with E-state index in [9.17, 15) is 9.59 Å². The third-order valence-corrected chi connectivity index (χ3v) is 3.22. The van der Waals surface area contributed by atoms with Gasteiger partial charge in [0.2, 0.25) is 0 Å². The van der Waals surface area contributed by atoms with Crippen LogP contribution in [0.5, 0.6) is 5.75 Å². The number of ketones is 1. The number of halogens is 1. The van der Waals surface area contributed by atoms with Crippen molar-refractivity contribution in [3.8, 4) is 5.75 Å². The summed E-state index contributed by atoms with van der Waals surface area (Å²) >= 11 is 6.01. The molecular weight excluding hydrogens is 280 g/mol. The van der Waals surface area contributed by atoms with Gasteiger partial charge in [-0.2, -0.15) is 0 Å². The summed E-state index contributed by atoms with van der Waals surface area (Å²) in [5.41, 5.74) is -0.228. The number of carbonyl (C=O) groups excluding carboxylic acids is 2. The number of carbonyl (C=O) groups is 2. The second-order valence-corrected chi connectivity index (χ2v) is 5.40. The van der Waals surface area contributed by atoms with Crippen LogP contribution in [0.1, 0.15) is 26.3 Å². The minimum absolute atomic E-state index is 0.228. The van der Waals surface area contributed by atoms with Gasteiger partial charge in [-0.3, -0.25) is 9.59 Å². The maximum absolute atomic E-state index is 12.1. The van der Waals surface area contributed by atoms with Gasteiger partial charge >= 0.3 is 5.97 Å². The highest BCUT2D eigenvalue weighted by atomic mass is 35.5. The molecule has 0 atom stereocenters. The predicted molar refractivity (Wildman–Crippen MR) is 77.1 cm³/mol. The second-order valence-electron chi connectivity index (χ2n) is 4.99. The maximum atomic E-state index is 12.1. The lowest BCUT2D eigenvalue weighted by Crippen LogP contribution is -2.38. The smallest absolute Gasteiger partial charge is 0.319 e. The Bertz CT molecular complexity index is 509. The molecule has 0 saturated heterocycles. The van der Waals surface area contributed by atoms with Crippen LogP contribution in [0.4, 0.5) is 0 Å². The van der Waals surface area contributed by atoms with Crippen molar-refractivity contribution in [1.29, 1.82) is 0 Å². The van der Waals surface area contributed by atoms with Crippen molar-refractivity contribution in [2.45, 2.75) is 27.7 Å².